The van der Waals surface area contributed by atoms with Crippen LogP contribution >= 0.6 is 0 Å². The van der Waals surface area contributed by atoms with E-state index in [4.69, 9.17) is 19.4 Å². The van der Waals surface area contributed by atoms with E-state index in [-0.39, 0.29) is 18.3 Å². The number of carbonyl (C=O) groups is 2. The van der Waals surface area contributed by atoms with Crippen molar-refractivity contribution in [3.8, 4) is 0 Å². The third-order valence-electron chi connectivity index (χ3n) is 5.33. The lowest BCUT2D eigenvalue weighted by atomic mass is 10.0. The van der Waals surface area contributed by atoms with Crippen LogP contribution in [0.5, 0.6) is 0 Å². The average molecular weight is 488 g/mol. The summed E-state index contributed by atoms with van der Waals surface area (Å²) in [7, 11) is 1.97. The molecule has 0 aliphatic carbocycles. The summed E-state index contributed by atoms with van der Waals surface area (Å²) >= 11 is 0. The Morgan fingerprint density at radius 1 is 1.29 bits per heavy atom. The lowest BCUT2D eigenvalue weighted by Crippen LogP contribution is -2.60. The van der Waals surface area contributed by atoms with Crippen LogP contribution in [-0.2, 0) is 32.7 Å². The topological polar surface area (TPSA) is 97.1 Å². The first-order valence-corrected chi connectivity index (χ1v) is 10.3. The van der Waals surface area contributed by atoms with Crippen LogP contribution in [-0.4, -0.2) is 82.7 Å². The minimum Gasteiger partial charge on any atom is -0.475 e. The molecule has 2 saturated heterocycles. The van der Waals surface area contributed by atoms with Gasteiger partial charge in [-0.3, -0.25) is 9.69 Å². The number of aromatic nitrogens is 2. The molecule has 2 aromatic rings. The van der Waals surface area contributed by atoms with Crippen molar-refractivity contribution in [2.75, 3.05) is 44.4 Å². The van der Waals surface area contributed by atoms with Crippen molar-refractivity contribution < 1.29 is 41.7 Å². The molecule has 34 heavy (non-hydrogen) atoms. The number of anilines is 1. The maximum absolute atomic E-state index is 13.6. The molecule has 2 aliphatic rings. The van der Waals surface area contributed by atoms with Gasteiger partial charge in [-0.15, -0.1) is 0 Å². The summed E-state index contributed by atoms with van der Waals surface area (Å²) in [5.41, 5.74) is -0.107. The molecule has 2 fully saturated rings. The summed E-state index contributed by atoms with van der Waals surface area (Å²) in [4.78, 5) is 29.5. The summed E-state index contributed by atoms with van der Waals surface area (Å²) < 4.78 is 59.2. The number of carbonyl (C=O) groups excluding carboxylic acids is 1. The lowest BCUT2D eigenvalue weighted by Gasteiger charge is -2.43. The largest absolute Gasteiger partial charge is 0.490 e. The molecule has 13 heteroatoms. The van der Waals surface area contributed by atoms with Gasteiger partial charge in [0, 0.05) is 38.2 Å². The highest BCUT2D eigenvalue weighted by Gasteiger charge is 2.43. The van der Waals surface area contributed by atoms with Gasteiger partial charge in [-0.05, 0) is 18.2 Å². The molecule has 9 nitrogen and oxygen atoms in total. The van der Waals surface area contributed by atoms with Crippen LogP contribution < -0.4 is 4.90 Å². The third-order valence-corrected chi connectivity index (χ3v) is 5.33. The SMILES string of the molecule is Cn1ccnc1CN1CCOCC2(C1)CN(c1cccc(F)c1)C(=O)CO2.O=C(O)C(F)(F)F. The number of amides is 1. The number of carboxylic acid groups (broad SMARTS) is 1. The fourth-order valence-electron chi connectivity index (χ4n) is 3.64. The molecule has 3 heterocycles. The minimum absolute atomic E-state index is 0.0455. The van der Waals surface area contributed by atoms with Crippen molar-refractivity contribution in [3.05, 3.63) is 48.3 Å². The van der Waals surface area contributed by atoms with Gasteiger partial charge in [0.2, 0.25) is 0 Å². The summed E-state index contributed by atoms with van der Waals surface area (Å²) in [5, 5.41) is 7.12. The summed E-state index contributed by atoms with van der Waals surface area (Å²) in [6.07, 6.45) is -1.39. The van der Waals surface area contributed by atoms with Crippen molar-refractivity contribution >= 4 is 17.6 Å². The van der Waals surface area contributed by atoms with Crippen LogP contribution in [0.1, 0.15) is 5.82 Å². The quantitative estimate of drug-likeness (QED) is 0.659. The number of morpholine rings is 1. The Morgan fingerprint density at radius 2 is 2.03 bits per heavy atom. The maximum atomic E-state index is 13.6. The van der Waals surface area contributed by atoms with E-state index in [2.05, 4.69) is 9.88 Å². The normalized spacial score (nSPS) is 21.7. The molecule has 4 rings (SSSR count). The van der Waals surface area contributed by atoms with Crippen molar-refractivity contribution in [1.82, 2.24) is 14.5 Å². The van der Waals surface area contributed by atoms with E-state index in [0.717, 1.165) is 12.4 Å². The number of rotatable bonds is 3. The fourth-order valence-corrected chi connectivity index (χ4v) is 3.64. The molecule has 1 aromatic heterocycles. The van der Waals surface area contributed by atoms with Crippen LogP contribution in [0.25, 0.3) is 0 Å². The Balaban J connectivity index is 0.000000406. The summed E-state index contributed by atoms with van der Waals surface area (Å²) in [6.45, 7) is 3.30. The molecule has 2 aliphatic heterocycles. The zero-order valence-electron chi connectivity index (χ0n) is 18.3. The molecule has 1 unspecified atom stereocenters. The van der Waals surface area contributed by atoms with Gasteiger partial charge in [0.05, 0.1) is 26.3 Å². The van der Waals surface area contributed by atoms with E-state index in [1.807, 2.05) is 17.8 Å². The molecule has 1 spiro atoms. The van der Waals surface area contributed by atoms with Gasteiger partial charge in [-0.2, -0.15) is 13.2 Å². The number of nitrogens with zero attached hydrogens (tertiary/aromatic N) is 4. The number of hydrogen-bond acceptors (Lipinski definition) is 6. The number of halogens is 4. The van der Waals surface area contributed by atoms with Gasteiger partial charge < -0.3 is 24.0 Å². The Hall–Kier alpha value is -3.03. The standard InChI is InChI=1S/C19H23FN4O3.C2HF3O2/c1-22-6-5-21-17(22)10-23-7-8-26-14-19(12-23)13-24(18(25)11-27-19)16-4-2-3-15(20)9-16;3-2(4,5)1(6)7/h2-6,9H,7-8,10-14H2,1H3;(H,6,7). The third kappa shape index (κ3) is 6.52. The summed E-state index contributed by atoms with van der Waals surface area (Å²) in [5.74, 6) is -2.34. The maximum Gasteiger partial charge on any atom is 0.490 e. The van der Waals surface area contributed by atoms with Crippen molar-refractivity contribution in [2.45, 2.75) is 18.3 Å². The molecule has 1 atom stereocenters. The van der Waals surface area contributed by atoms with Crippen LogP contribution in [0.2, 0.25) is 0 Å². The average Bonchev–Trinajstić information content (AvgIpc) is 3.06. The predicted octanol–water partition coefficient (Wildman–Crippen LogP) is 1.83. The number of aliphatic carboxylic acids is 1. The molecule has 0 radical (unpaired) electrons. The molecule has 1 amide bonds. The van der Waals surface area contributed by atoms with Crippen LogP contribution in [0.15, 0.2) is 36.7 Å². The van der Waals surface area contributed by atoms with Gasteiger partial charge in [0.1, 0.15) is 23.8 Å². The van der Waals surface area contributed by atoms with E-state index in [1.54, 1.807) is 23.2 Å². The molecule has 1 aromatic carbocycles. The Labute approximate surface area is 192 Å². The molecule has 0 saturated carbocycles. The first-order chi connectivity index (χ1) is 16.0. The highest BCUT2D eigenvalue weighted by Crippen LogP contribution is 2.28. The number of carboxylic acids is 1. The Morgan fingerprint density at radius 3 is 2.65 bits per heavy atom. The molecular formula is C21H24F4N4O5. The zero-order valence-corrected chi connectivity index (χ0v) is 18.3. The van der Waals surface area contributed by atoms with Gasteiger partial charge in [0.15, 0.2) is 0 Å². The van der Waals surface area contributed by atoms with E-state index in [0.29, 0.717) is 38.5 Å². The lowest BCUT2D eigenvalue weighted by molar-refractivity contribution is -0.192. The van der Waals surface area contributed by atoms with Crippen molar-refractivity contribution in [3.63, 3.8) is 0 Å². The number of ether oxygens (including phenoxy) is 2. The number of alkyl halides is 3. The molecule has 1 N–H and O–H groups in total. The van der Waals surface area contributed by atoms with E-state index < -0.39 is 17.7 Å². The van der Waals surface area contributed by atoms with Crippen LogP contribution in [0.3, 0.4) is 0 Å². The van der Waals surface area contributed by atoms with Gasteiger partial charge in [-0.1, -0.05) is 6.07 Å². The van der Waals surface area contributed by atoms with Gasteiger partial charge >= 0.3 is 12.1 Å². The highest BCUT2D eigenvalue weighted by molar-refractivity contribution is 5.95. The van der Waals surface area contributed by atoms with Gasteiger partial charge in [0.25, 0.3) is 5.91 Å². The molecular weight excluding hydrogens is 464 g/mol. The van der Waals surface area contributed by atoms with E-state index in [9.17, 15) is 22.4 Å². The number of aryl methyl sites for hydroxylation is 1. The smallest absolute Gasteiger partial charge is 0.475 e. The molecule has 186 valence electrons. The number of imidazole rings is 1. The predicted molar refractivity (Wildman–Crippen MR) is 110 cm³/mol. The highest BCUT2D eigenvalue weighted by atomic mass is 19.4. The van der Waals surface area contributed by atoms with Gasteiger partial charge in [-0.25, -0.2) is 14.2 Å². The number of benzene rings is 1. The second-order valence-electron chi connectivity index (χ2n) is 7.95. The monoisotopic (exact) mass is 488 g/mol. The summed E-state index contributed by atoms with van der Waals surface area (Å²) in [6, 6.07) is 6.09. The first-order valence-electron chi connectivity index (χ1n) is 10.3. The Kier molecular flexibility index (Phi) is 7.89. The fraction of sp³-hybridized carbons (Fsp3) is 0.476. The minimum atomic E-state index is -5.08. The van der Waals surface area contributed by atoms with Crippen molar-refractivity contribution in [2.24, 2.45) is 7.05 Å². The Bertz CT molecular complexity index is 1020. The first kappa shape index (κ1) is 25.6. The van der Waals surface area contributed by atoms with Crippen molar-refractivity contribution in [1.29, 1.82) is 0 Å². The van der Waals surface area contributed by atoms with Crippen LogP contribution in [0, 0.1) is 5.82 Å². The zero-order chi connectivity index (χ0) is 24.9. The number of hydrogen-bond donors (Lipinski definition) is 1. The molecule has 0 bridgehead atoms. The van der Waals surface area contributed by atoms with E-state index >= 15 is 0 Å². The van der Waals surface area contributed by atoms with Crippen LogP contribution in [0.4, 0.5) is 23.2 Å². The van der Waals surface area contributed by atoms with E-state index in [1.165, 1.54) is 12.1 Å². The second kappa shape index (κ2) is 10.5. The second-order valence-corrected chi connectivity index (χ2v) is 7.95.